The lowest BCUT2D eigenvalue weighted by atomic mass is 9.86. The summed E-state index contributed by atoms with van der Waals surface area (Å²) in [6, 6.07) is 1.82. The number of aromatic amines is 1. The number of likely N-dealkylation sites (tertiary alicyclic amines) is 2. The molecule has 0 aromatic carbocycles. The van der Waals surface area contributed by atoms with Crippen LogP contribution < -0.4 is 5.56 Å². The zero-order valence-corrected chi connectivity index (χ0v) is 19.5. The molecular formula is C24H35N5O3. The number of carbonyl (C=O) groups is 2. The molecule has 2 saturated heterocycles. The molecule has 0 radical (unpaired) electrons. The molecule has 174 valence electrons. The molecule has 0 saturated carbocycles. The normalized spacial score (nSPS) is 20.5. The molecule has 0 spiro atoms. The Morgan fingerprint density at radius 2 is 1.84 bits per heavy atom. The van der Waals surface area contributed by atoms with E-state index in [0.29, 0.717) is 30.4 Å². The first kappa shape index (κ1) is 22.6. The molecule has 8 heteroatoms. The van der Waals surface area contributed by atoms with Crippen molar-refractivity contribution >= 4 is 17.5 Å². The first-order valence-corrected chi connectivity index (χ1v) is 12.0. The SMILES string of the molecule is CC(=O)N1CCCCCC1C1CCN(C(=O)CCc2c(C)nc3cc(=O)[nH]n3c2C)CC1. The predicted molar refractivity (Wildman–Crippen MR) is 123 cm³/mol. The molecule has 2 fully saturated rings. The molecule has 32 heavy (non-hydrogen) atoms. The Balaban J connectivity index is 1.35. The van der Waals surface area contributed by atoms with E-state index in [4.69, 9.17) is 0 Å². The number of rotatable bonds is 4. The molecular weight excluding hydrogens is 406 g/mol. The van der Waals surface area contributed by atoms with Crippen LogP contribution in [0.3, 0.4) is 0 Å². The minimum absolute atomic E-state index is 0.173. The van der Waals surface area contributed by atoms with Gasteiger partial charge in [0.25, 0.3) is 5.56 Å². The smallest absolute Gasteiger partial charge is 0.266 e. The Kier molecular flexibility index (Phi) is 6.67. The highest BCUT2D eigenvalue weighted by Crippen LogP contribution is 2.30. The van der Waals surface area contributed by atoms with Crippen molar-refractivity contribution in [2.24, 2.45) is 5.92 Å². The van der Waals surface area contributed by atoms with Crippen LogP contribution in [0.5, 0.6) is 0 Å². The van der Waals surface area contributed by atoms with Crippen molar-refractivity contribution in [1.29, 1.82) is 0 Å². The lowest BCUT2D eigenvalue weighted by Crippen LogP contribution is -2.48. The van der Waals surface area contributed by atoms with Crippen molar-refractivity contribution in [3.05, 3.63) is 33.4 Å². The van der Waals surface area contributed by atoms with E-state index in [2.05, 4.69) is 15.0 Å². The van der Waals surface area contributed by atoms with Gasteiger partial charge in [0.05, 0.1) is 0 Å². The number of aromatic nitrogens is 3. The van der Waals surface area contributed by atoms with E-state index >= 15 is 0 Å². The number of piperidine rings is 1. The van der Waals surface area contributed by atoms with Crippen LogP contribution in [-0.2, 0) is 16.0 Å². The van der Waals surface area contributed by atoms with Gasteiger partial charge in [0.15, 0.2) is 5.65 Å². The van der Waals surface area contributed by atoms with Crippen LogP contribution in [0.2, 0.25) is 0 Å². The summed E-state index contributed by atoms with van der Waals surface area (Å²) < 4.78 is 1.70. The summed E-state index contributed by atoms with van der Waals surface area (Å²) in [5, 5.41) is 2.77. The van der Waals surface area contributed by atoms with Gasteiger partial charge in [-0.1, -0.05) is 12.8 Å². The third-order valence-corrected chi connectivity index (χ3v) is 7.43. The summed E-state index contributed by atoms with van der Waals surface area (Å²) >= 11 is 0. The largest absolute Gasteiger partial charge is 0.343 e. The van der Waals surface area contributed by atoms with Gasteiger partial charge in [0.1, 0.15) is 0 Å². The number of hydrogen-bond donors (Lipinski definition) is 1. The monoisotopic (exact) mass is 441 g/mol. The number of nitrogens with zero attached hydrogens (tertiary/aromatic N) is 4. The average molecular weight is 442 g/mol. The maximum Gasteiger partial charge on any atom is 0.266 e. The zero-order valence-electron chi connectivity index (χ0n) is 19.5. The van der Waals surface area contributed by atoms with Gasteiger partial charge in [-0.25, -0.2) is 9.50 Å². The molecule has 2 aliphatic heterocycles. The van der Waals surface area contributed by atoms with Gasteiger partial charge in [-0.2, -0.15) is 0 Å². The second-order valence-electron chi connectivity index (χ2n) is 9.42. The minimum Gasteiger partial charge on any atom is -0.343 e. The fraction of sp³-hybridized carbons (Fsp3) is 0.667. The van der Waals surface area contributed by atoms with Crippen LogP contribution in [0.4, 0.5) is 0 Å². The Labute approximate surface area is 189 Å². The zero-order chi connectivity index (χ0) is 22.8. The van der Waals surface area contributed by atoms with Gasteiger partial charge in [0.2, 0.25) is 11.8 Å². The van der Waals surface area contributed by atoms with Gasteiger partial charge in [0, 0.05) is 56.5 Å². The molecule has 1 N–H and O–H groups in total. The van der Waals surface area contributed by atoms with Gasteiger partial charge in [-0.15, -0.1) is 0 Å². The van der Waals surface area contributed by atoms with Gasteiger partial charge in [-0.05, 0) is 57.4 Å². The Hall–Kier alpha value is -2.64. The molecule has 0 bridgehead atoms. The molecule has 2 aliphatic rings. The Bertz CT molecular complexity index is 1050. The van der Waals surface area contributed by atoms with Crippen LogP contribution >= 0.6 is 0 Å². The fourth-order valence-corrected chi connectivity index (χ4v) is 5.66. The van der Waals surface area contributed by atoms with Gasteiger partial charge < -0.3 is 9.80 Å². The quantitative estimate of drug-likeness (QED) is 0.790. The third kappa shape index (κ3) is 4.59. The second kappa shape index (κ2) is 9.46. The highest BCUT2D eigenvalue weighted by atomic mass is 16.2. The second-order valence-corrected chi connectivity index (χ2v) is 9.42. The maximum absolute atomic E-state index is 12.9. The van der Waals surface area contributed by atoms with E-state index in [9.17, 15) is 14.4 Å². The number of H-pyrrole nitrogens is 1. The summed E-state index contributed by atoms with van der Waals surface area (Å²) in [4.78, 5) is 45.4. The Morgan fingerprint density at radius 3 is 2.56 bits per heavy atom. The third-order valence-electron chi connectivity index (χ3n) is 7.43. The molecule has 1 atom stereocenters. The lowest BCUT2D eigenvalue weighted by molar-refractivity contribution is -0.136. The highest BCUT2D eigenvalue weighted by Gasteiger charge is 2.33. The van der Waals surface area contributed by atoms with Gasteiger partial charge in [-0.3, -0.25) is 19.5 Å². The summed E-state index contributed by atoms with van der Waals surface area (Å²) in [7, 11) is 0. The predicted octanol–water partition coefficient (Wildman–Crippen LogP) is 2.60. The van der Waals surface area contributed by atoms with Crippen molar-refractivity contribution in [2.75, 3.05) is 19.6 Å². The van der Waals surface area contributed by atoms with Crippen molar-refractivity contribution in [1.82, 2.24) is 24.4 Å². The summed E-state index contributed by atoms with van der Waals surface area (Å²) in [6.07, 6.45) is 7.57. The molecule has 4 heterocycles. The number of amides is 2. The molecule has 2 aromatic heterocycles. The number of nitrogens with one attached hydrogen (secondary N) is 1. The van der Waals surface area contributed by atoms with E-state index in [1.54, 1.807) is 11.4 Å². The van der Waals surface area contributed by atoms with Crippen molar-refractivity contribution < 1.29 is 9.59 Å². The Morgan fingerprint density at radius 1 is 1.09 bits per heavy atom. The molecule has 2 amide bonds. The van der Waals surface area contributed by atoms with E-state index in [0.717, 1.165) is 62.3 Å². The number of carbonyl (C=O) groups excluding carboxylic acids is 2. The summed E-state index contributed by atoms with van der Waals surface area (Å²) in [6.45, 7) is 8.00. The molecule has 1 unspecified atom stereocenters. The molecule has 2 aromatic rings. The maximum atomic E-state index is 12.9. The van der Waals surface area contributed by atoms with E-state index in [1.165, 1.54) is 18.9 Å². The fourth-order valence-electron chi connectivity index (χ4n) is 5.66. The van der Waals surface area contributed by atoms with Gasteiger partial charge >= 0.3 is 0 Å². The van der Waals surface area contributed by atoms with Crippen molar-refractivity contribution in [3.63, 3.8) is 0 Å². The van der Waals surface area contributed by atoms with Crippen LogP contribution in [0.1, 0.15) is 68.8 Å². The van der Waals surface area contributed by atoms with Crippen LogP contribution in [0.15, 0.2) is 10.9 Å². The minimum atomic E-state index is -0.173. The van der Waals surface area contributed by atoms with Crippen LogP contribution in [-0.4, -0.2) is 61.9 Å². The van der Waals surface area contributed by atoms with Crippen LogP contribution in [0, 0.1) is 19.8 Å². The molecule has 4 rings (SSSR count). The summed E-state index contributed by atoms with van der Waals surface area (Å²) in [5.41, 5.74) is 3.25. The summed E-state index contributed by atoms with van der Waals surface area (Å²) in [5.74, 6) is 0.853. The van der Waals surface area contributed by atoms with Crippen LogP contribution in [0.25, 0.3) is 5.65 Å². The first-order chi connectivity index (χ1) is 15.3. The van der Waals surface area contributed by atoms with Crippen molar-refractivity contribution in [3.8, 4) is 0 Å². The topological polar surface area (TPSA) is 90.8 Å². The molecule has 0 aliphatic carbocycles. The molecule has 8 nitrogen and oxygen atoms in total. The average Bonchev–Trinajstić information content (AvgIpc) is 2.97. The van der Waals surface area contributed by atoms with E-state index < -0.39 is 0 Å². The lowest BCUT2D eigenvalue weighted by Gasteiger charge is -2.40. The van der Waals surface area contributed by atoms with Crippen molar-refractivity contribution in [2.45, 2.75) is 78.2 Å². The number of hydrogen-bond acceptors (Lipinski definition) is 4. The number of aryl methyl sites for hydroxylation is 2. The first-order valence-electron chi connectivity index (χ1n) is 12.0. The van der Waals surface area contributed by atoms with E-state index in [-0.39, 0.29) is 17.4 Å². The van der Waals surface area contributed by atoms with E-state index in [1.807, 2.05) is 18.7 Å². The highest BCUT2D eigenvalue weighted by molar-refractivity contribution is 5.76. The standard InChI is InChI=1S/C24H35N5O3/c1-16-20(17(2)29-22(25-16)15-23(31)26-29)8-9-24(32)27-13-10-19(11-14-27)21-7-5-4-6-12-28(21)18(3)30/h15,19,21H,4-14H2,1-3H3,(H,26,31). The number of fused-ring (bicyclic) bond motifs is 1.